The number of thiocarbonyl (C=S) groups is 1. The van der Waals surface area contributed by atoms with Crippen molar-refractivity contribution < 1.29 is 13.9 Å². The van der Waals surface area contributed by atoms with Gasteiger partial charge in [0.15, 0.2) is 0 Å². The Kier molecular flexibility index (Phi) is 7.27. The molecule has 2 aliphatic rings. The summed E-state index contributed by atoms with van der Waals surface area (Å²) in [6.45, 7) is 4.82. The lowest BCUT2D eigenvalue weighted by Crippen LogP contribution is -2.47. The van der Waals surface area contributed by atoms with E-state index in [0.29, 0.717) is 71.3 Å². The number of amides is 1. The number of hydrogen-bond donors (Lipinski definition) is 0. The third-order valence-electron chi connectivity index (χ3n) is 6.50. The third kappa shape index (κ3) is 4.86. The van der Waals surface area contributed by atoms with Gasteiger partial charge in [0.25, 0.3) is 11.5 Å². The molecule has 8 nitrogen and oxygen atoms in total. The predicted molar refractivity (Wildman–Crippen MR) is 149 cm³/mol. The zero-order chi connectivity index (χ0) is 26.1. The van der Waals surface area contributed by atoms with Gasteiger partial charge in [0.05, 0.1) is 29.3 Å². The number of rotatable bonds is 6. The predicted octanol–water partition coefficient (Wildman–Crippen LogP) is 3.32. The summed E-state index contributed by atoms with van der Waals surface area (Å²) in [4.78, 5) is 37.6. The van der Waals surface area contributed by atoms with Gasteiger partial charge in [-0.15, -0.1) is 0 Å². The van der Waals surface area contributed by atoms with Crippen molar-refractivity contribution in [3.05, 3.63) is 74.8 Å². The van der Waals surface area contributed by atoms with E-state index in [-0.39, 0.29) is 17.3 Å². The van der Waals surface area contributed by atoms with Crippen LogP contribution in [0.15, 0.2) is 52.3 Å². The number of benzene rings is 1. The monoisotopic (exact) mass is 539 g/mol. The van der Waals surface area contributed by atoms with E-state index in [1.54, 1.807) is 37.6 Å². The van der Waals surface area contributed by atoms with Crippen LogP contribution in [-0.4, -0.2) is 71.0 Å². The molecule has 192 valence electrons. The van der Waals surface area contributed by atoms with Crippen LogP contribution in [0.25, 0.3) is 11.7 Å². The van der Waals surface area contributed by atoms with Crippen molar-refractivity contribution in [2.75, 3.05) is 56.2 Å². The van der Waals surface area contributed by atoms with Gasteiger partial charge in [-0.25, -0.2) is 9.37 Å². The smallest absolute Gasteiger partial charge is 0.267 e. The summed E-state index contributed by atoms with van der Waals surface area (Å²) in [7, 11) is 1.56. The topological polar surface area (TPSA) is 70.4 Å². The van der Waals surface area contributed by atoms with Crippen LogP contribution in [0.2, 0.25) is 0 Å². The Morgan fingerprint density at radius 2 is 1.84 bits per heavy atom. The summed E-state index contributed by atoms with van der Waals surface area (Å²) in [6.07, 6.45) is 3.29. The van der Waals surface area contributed by atoms with Gasteiger partial charge in [-0.3, -0.25) is 18.9 Å². The maximum atomic E-state index is 14.4. The van der Waals surface area contributed by atoms with Crippen molar-refractivity contribution in [3.8, 4) is 0 Å². The van der Waals surface area contributed by atoms with Crippen molar-refractivity contribution in [2.24, 2.45) is 0 Å². The van der Waals surface area contributed by atoms with Gasteiger partial charge < -0.3 is 14.5 Å². The number of carbonyl (C=O) groups excluding carboxylic acids is 1. The Bertz CT molecular complexity index is 1470. The molecule has 0 atom stereocenters. The summed E-state index contributed by atoms with van der Waals surface area (Å²) < 4.78 is 21.4. The fourth-order valence-electron chi connectivity index (χ4n) is 4.54. The molecule has 11 heteroatoms. The summed E-state index contributed by atoms with van der Waals surface area (Å²) in [5.41, 5.74) is 2.05. The number of aromatic nitrogens is 2. The van der Waals surface area contributed by atoms with Crippen molar-refractivity contribution in [1.29, 1.82) is 0 Å². The summed E-state index contributed by atoms with van der Waals surface area (Å²) >= 11 is 6.57. The number of para-hydroxylation sites is 1. The molecule has 2 aromatic heterocycles. The van der Waals surface area contributed by atoms with Gasteiger partial charge in [-0.2, -0.15) is 0 Å². The van der Waals surface area contributed by atoms with E-state index >= 15 is 0 Å². The number of anilines is 2. The first-order valence-corrected chi connectivity index (χ1v) is 13.1. The van der Waals surface area contributed by atoms with Crippen LogP contribution < -0.4 is 15.4 Å². The molecule has 2 saturated heterocycles. The van der Waals surface area contributed by atoms with Crippen LogP contribution in [0.1, 0.15) is 11.1 Å². The molecule has 0 saturated carbocycles. The normalized spacial score (nSPS) is 17.5. The zero-order valence-corrected chi connectivity index (χ0v) is 22.1. The van der Waals surface area contributed by atoms with Gasteiger partial charge in [-0.05, 0) is 36.8 Å². The van der Waals surface area contributed by atoms with Crippen LogP contribution in [0.3, 0.4) is 0 Å². The van der Waals surface area contributed by atoms with Gasteiger partial charge in [-0.1, -0.05) is 42.2 Å². The maximum Gasteiger partial charge on any atom is 0.267 e. The number of thioether (sulfide) groups is 1. The molecule has 0 aliphatic carbocycles. The number of pyridine rings is 1. The largest absolute Gasteiger partial charge is 0.383 e. The Balaban J connectivity index is 1.53. The van der Waals surface area contributed by atoms with Crippen LogP contribution >= 0.6 is 24.0 Å². The minimum absolute atomic E-state index is 0.254. The van der Waals surface area contributed by atoms with E-state index < -0.39 is 0 Å². The van der Waals surface area contributed by atoms with Crippen LogP contribution in [-0.2, 0) is 9.53 Å². The maximum absolute atomic E-state index is 14.4. The van der Waals surface area contributed by atoms with E-state index in [9.17, 15) is 14.0 Å². The number of nitrogens with zero attached hydrogens (tertiary/aromatic N) is 5. The fraction of sp³-hybridized carbons (Fsp3) is 0.308. The third-order valence-corrected chi connectivity index (χ3v) is 7.88. The number of methoxy groups -OCH3 is 1. The van der Waals surface area contributed by atoms with E-state index in [1.807, 2.05) is 28.9 Å². The molecular formula is C26H26FN5O3S2. The quantitative estimate of drug-likeness (QED) is 0.349. The van der Waals surface area contributed by atoms with Crippen molar-refractivity contribution in [2.45, 2.75) is 6.92 Å². The number of halogens is 1. The van der Waals surface area contributed by atoms with Crippen LogP contribution in [0, 0.1) is 12.7 Å². The number of fused-ring (bicyclic) bond motifs is 1. The molecule has 2 fully saturated rings. The minimum Gasteiger partial charge on any atom is -0.383 e. The summed E-state index contributed by atoms with van der Waals surface area (Å²) in [6, 6.07) is 10.4. The Hall–Kier alpha value is -3.28. The molecule has 1 aromatic carbocycles. The fourth-order valence-corrected chi connectivity index (χ4v) is 5.83. The first-order valence-electron chi connectivity index (χ1n) is 11.9. The lowest BCUT2D eigenvalue weighted by molar-refractivity contribution is -0.122. The van der Waals surface area contributed by atoms with Crippen LogP contribution in [0.5, 0.6) is 0 Å². The number of ether oxygens (including phenoxy) is 1. The second-order valence-corrected chi connectivity index (χ2v) is 10.5. The highest BCUT2D eigenvalue weighted by molar-refractivity contribution is 8.26. The van der Waals surface area contributed by atoms with Gasteiger partial charge in [0.1, 0.15) is 21.6 Å². The average Bonchev–Trinajstić information content (AvgIpc) is 3.17. The molecule has 2 aliphatic heterocycles. The van der Waals surface area contributed by atoms with Crippen LogP contribution in [0.4, 0.5) is 15.9 Å². The first kappa shape index (κ1) is 25.4. The van der Waals surface area contributed by atoms with Crippen molar-refractivity contribution in [3.63, 3.8) is 0 Å². The Morgan fingerprint density at radius 1 is 1.11 bits per heavy atom. The second-order valence-electron chi connectivity index (χ2n) is 8.79. The molecule has 5 rings (SSSR count). The SMILES string of the molecule is COCCN1C(=O)/C(=C\c2c(N3CCN(c4ccccc4F)CC3)nc3c(C)cccn3c2=O)SC1=S. The van der Waals surface area contributed by atoms with Crippen molar-refractivity contribution >= 4 is 57.4 Å². The number of carbonyl (C=O) groups is 1. The Labute approximate surface area is 223 Å². The van der Waals surface area contributed by atoms with E-state index in [1.165, 1.54) is 27.1 Å². The van der Waals surface area contributed by atoms with Crippen molar-refractivity contribution in [1.82, 2.24) is 14.3 Å². The lowest BCUT2D eigenvalue weighted by atomic mass is 10.2. The molecular weight excluding hydrogens is 513 g/mol. The summed E-state index contributed by atoms with van der Waals surface area (Å²) in [5.74, 6) is -0.00408. The highest BCUT2D eigenvalue weighted by Crippen LogP contribution is 2.34. The molecule has 0 radical (unpaired) electrons. The molecule has 37 heavy (non-hydrogen) atoms. The number of piperazine rings is 1. The molecule has 0 bridgehead atoms. The summed E-state index contributed by atoms with van der Waals surface area (Å²) in [5, 5.41) is 0. The first-order chi connectivity index (χ1) is 17.9. The molecule has 4 heterocycles. The standard InChI is InChI=1S/C26H26FN5O3S2/c1-17-6-5-9-31-22(17)28-23(30-12-10-29(11-13-30)20-8-4-3-7-19(20)27)18(24(31)33)16-21-25(34)32(14-15-35-2)26(36)37-21/h3-9,16H,10-15H2,1-2H3/b21-16+. The molecule has 0 unspecified atom stereocenters. The van der Waals surface area contributed by atoms with E-state index in [4.69, 9.17) is 21.9 Å². The highest BCUT2D eigenvalue weighted by Gasteiger charge is 2.33. The number of hydrogen-bond acceptors (Lipinski definition) is 8. The number of aryl methyl sites for hydroxylation is 1. The Morgan fingerprint density at radius 3 is 2.57 bits per heavy atom. The lowest BCUT2D eigenvalue weighted by Gasteiger charge is -2.37. The van der Waals surface area contributed by atoms with Gasteiger partial charge >= 0.3 is 0 Å². The molecule has 3 aromatic rings. The van der Waals surface area contributed by atoms with E-state index in [0.717, 1.165) is 5.56 Å². The highest BCUT2D eigenvalue weighted by atomic mass is 32.2. The van der Waals surface area contributed by atoms with Gasteiger partial charge in [0, 0.05) is 39.5 Å². The molecule has 1 amide bonds. The average molecular weight is 540 g/mol. The zero-order valence-electron chi connectivity index (χ0n) is 20.5. The van der Waals surface area contributed by atoms with Gasteiger partial charge in [0.2, 0.25) is 0 Å². The van der Waals surface area contributed by atoms with E-state index in [2.05, 4.69) is 0 Å². The minimum atomic E-state index is -0.262. The molecule has 0 spiro atoms. The molecule has 0 N–H and O–H groups in total. The second kappa shape index (κ2) is 10.6.